The van der Waals surface area contributed by atoms with Crippen LogP contribution in [0, 0.1) is 5.92 Å². The molecule has 3 heteroatoms. The minimum Gasteiger partial charge on any atom is -0.430 e. The van der Waals surface area contributed by atoms with Gasteiger partial charge < -0.3 is 9.47 Å². The third kappa shape index (κ3) is 1.37. The van der Waals surface area contributed by atoms with Gasteiger partial charge in [-0.15, -0.1) is 0 Å². The van der Waals surface area contributed by atoms with E-state index in [0.717, 1.165) is 6.08 Å². The molecule has 0 amide bonds. The van der Waals surface area contributed by atoms with Crippen molar-refractivity contribution >= 4 is 5.97 Å². The van der Waals surface area contributed by atoms with Crippen molar-refractivity contribution < 1.29 is 14.3 Å². The highest BCUT2D eigenvalue weighted by Gasteiger charge is 2.47. The second kappa shape index (κ2) is 3.27. The molecule has 0 bridgehead atoms. The zero-order valence-corrected chi connectivity index (χ0v) is 7.50. The van der Waals surface area contributed by atoms with Gasteiger partial charge in [0.15, 0.2) is 0 Å². The van der Waals surface area contributed by atoms with Crippen LogP contribution in [0.4, 0.5) is 0 Å². The van der Waals surface area contributed by atoms with E-state index in [-0.39, 0.29) is 5.92 Å². The van der Waals surface area contributed by atoms with Crippen molar-refractivity contribution in [1.82, 2.24) is 0 Å². The summed E-state index contributed by atoms with van der Waals surface area (Å²) in [6.07, 6.45) is 1.85. The molecule has 0 radical (unpaired) electrons. The fraction of sp³-hybridized carbons (Fsp3) is 0.667. The fourth-order valence-electron chi connectivity index (χ4n) is 1.30. The van der Waals surface area contributed by atoms with Crippen molar-refractivity contribution in [1.29, 1.82) is 0 Å². The molecule has 0 spiro atoms. The molecule has 12 heavy (non-hydrogen) atoms. The van der Waals surface area contributed by atoms with Crippen LogP contribution in [0.2, 0.25) is 0 Å². The van der Waals surface area contributed by atoms with E-state index in [1.807, 2.05) is 13.8 Å². The van der Waals surface area contributed by atoms with E-state index in [0.29, 0.717) is 13.0 Å². The van der Waals surface area contributed by atoms with Crippen LogP contribution in [0.5, 0.6) is 0 Å². The van der Waals surface area contributed by atoms with Gasteiger partial charge in [0.2, 0.25) is 5.79 Å². The Morgan fingerprint density at radius 2 is 2.58 bits per heavy atom. The summed E-state index contributed by atoms with van der Waals surface area (Å²) in [5, 5.41) is 0. The van der Waals surface area contributed by atoms with Crippen LogP contribution in [0.15, 0.2) is 12.7 Å². The molecule has 0 N–H and O–H groups in total. The predicted molar refractivity (Wildman–Crippen MR) is 44.4 cm³/mol. The maximum absolute atomic E-state index is 10.9. The normalized spacial score (nSPS) is 33.7. The molecular formula is C9H14O3. The molecule has 1 aliphatic rings. The van der Waals surface area contributed by atoms with Gasteiger partial charge >= 0.3 is 5.97 Å². The first-order valence-corrected chi connectivity index (χ1v) is 4.14. The van der Waals surface area contributed by atoms with Crippen LogP contribution in [-0.4, -0.2) is 18.4 Å². The van der Waals surface area contributed by atoms with Crippen LogP contribution in [0.25, 0.3) is 0 Å². The third-order valence-corrected chi connectivity index (χ3v) is 2.26. The van der Waals surface area contributed by atoms with Crippen LogP contribution in [0.1, 0.15) is 20.3 Å². The standard InChI is InChI=1S/C9H14O3/c1-4-8(10)12-9(5-2)7(3)6-11-9/h4,7H,1,5-6H2,2-3H3. The number of hydrogen-bond donors (Lipinski definition) is 0. The molecule has 0 aromatic carbocycles. The number of carbonyl (C=O) groups is 1. The Hall–Kier alpha value is -0.830. The van der Waals surface area contributed by atoms with Crippen molar-refractivity contribution in [2.45, 2.75) is 26.1 Å². The highest BCUT2D eigenvalue weighted by molar-refractivity contribution is 5.81. The molecule has 68 valence electrons. The monoisotopic (exact) mass is 170 g/mol. The highest BCUT2D eigenvalue weighted by Crippen LogP contribution is 2.36. The van der Waals surface area contributed by atoms with Gasteiger partial charge in [0, 0.05) is 18.4 Å². The molecule has 0 saturated carbocycles. The first-order chi connectivity index (χ1) is 5.64. The zero-order chi connectivity index (χ0) is 9.19. The Morgan fingerprint density at radius 3 is 2.83 bits per heavy atom. The van der Waals surface area contributed by atoms with Crippen LogP contribution in [-0.2, 0) is 14.3 Å². The van der Waals surface area contributed by atoms with E-state index in [9.17, 15) is 4.79 Å². The Bertz CT molecular complexity index is 196. The summed E-state index contributed by atoms with van der Waals surface area (Å²) in [5.41, 5.74) is 0. The highest BCUT2D eigenvalue weighted by atomic mass is 16.7. The number of esters is 1. The lowest BCUT2D eigenvalue weighted by Gasteiger charge is -2.45. The number of hydrogen-bond acceptors (Lipinski definition) is 3. The Labute approximate surface area is 72.4 Å². The molecule has 3 nitrogen and oxygen atoms in total. The quantitative estimate of drug-likeness (QED) is 0.475. The topological polar surface area (TPSA) is 35.5 Å². The lowest BCUT2D eigenvalue weighted by molar-refractivity contribution is -0.326. The van der Waals surface area contributed by atoms with Gasteiger partial charge in [-0.2, -0.15) is 0 Å². The lowest BCUT2D eigenvalue weighted by atomic mass is 9.93. The van der Waals surface area contributed by atoms with Gasteiger partial charge in [-0.25, -0.2) is 4.79 Å². The second-order valence-electron chi connectivity index (χ2n) is 3.00. The minimum atomic E-state index is -0.675. The first-order valence-electron chi connectivity index (χ1n) is 4.14. The molecule has 2 unspecified atom stereocenters. The van der Waals surface area contributed by atoms with E-state index in [1.165, 1.54) is 0 Å². The average Bonchev–Trinajstić information content (AvgIpc) is 2.11. The van der Waals surface area contributed by atoms with Crippen molar-refractivity contribution in [3.8, 4) is 0 Å². The summed E-state index contributed by atoms with van der Waals surface area (Å²) in [7, 11) is 0. The Kier molecular flexibility index (Phi) is 2.52. The van der Waals surface area contributed by atoms with Crippen LogP contribution in [0.3, 0.4) is 0 Å². The maximum atomic E-state index is 10.9. The van der Waals surface area contributed by atoms with Gasteiger partial charge in [-0.05, 0) is 0 Å². The predicted octanol–water partition coefficient (Wildman–Crippen LogP) is 1.49. The third-order valence-electron chi connectivity index (χ3n) is 2.26. The first kappa shape index (κ1) is 9.26. The number of rotatable bonds is 3. The molecule has 1 rings (SSSR count). The summed E-state index contributed by atoms with van der Waals surface area (Å²) >= 11 is 0. The van der Waals surface area contributed by atoms with Gasteiger partial charge in [0.05, 0.1) is 6.61 Å². The molecular weight excluding hydrogens is 156 g/mol. The Morgan fingerprint density at radius 1 is 1.92 bits per heavy atom. The second-order valence-corrected chi connectivity index (χ2v) is 3.00. The smallest absolute Gasteiger partial charge is 0.332 e. The maximum Gasteiger partial charge on any atom is 0.332 e. The fourth-order valence-corrected chi connectivity index (χ4v) is 1.30. The van der Waals surface area contributed by atoms with Gasteiger partial charge in [0.1, 0.15) is 0 Å². The molecule has 0 aromatic heterocycles. The number of ether oxygens (including phenoxy) is 2. The molecule has 0 aliphatic carbocycles. The van der Waals surface area contributed by atoms with Gasteiger partial charge in [0.25, 0.3) is 0 Å². The molecule has 2 atom stereocenters. The average molecular weight is 170 g/mol. The summed E-state index contributed by atoms with van der Waals surface area (Å²) in [4.78, 5) is 10.9. The molecule has 1 aliphatic heterocycles. The summed E-state index contributed by atoms with van der Waals surface area (Å²) in [5.74, 6) is -0.805. The van der Waals surface area contributed by atoms with E-state index in [4.69, 9.17) is 9.47 Å². The molecule has 1 saturated heterocycles. The largest absolute Gasteiger partial charge is 0.430 e. The summed E-state index contributed by atoms with van der Waals surface area (Å²) < 4.78 is 10.4. The van der Waals surface area contributed by atoms with Crippen molar-refractivity contribution in [3.05, 3.63) is 12.7 Å². The van der Waals surface area contributed by atoms with Gasteiger partial charge in [-0.1, -0.05) is 20.4 Å². The SMILES string of the molecule is C=CC(=O)OC1(CC)OCC1C. The Balaban J connectivity index is 2.56. The zero-order valence-electron chi connectivity index (χ0n) is 7.50. The van der Waals surface area contributed by atoms with Crippen molar-refractivity contribution in [3.63, 3.8) is 0 Å². The summed E-state index contributed by atoms with van der Waals surface area (Å²) in [6.45, 7) is 7.94. The molecule has 0 aromatic rings. The van der Waals surface area contributed by atoms with Crippen molar-refractivity contribution in [2.75, 3.05) is 6.61 Å². The van der Waals surface area contributed by atoms with Gasteiger partial charge in [-0.3, -0.25) is 0 Å². The van der Waals surface area contributed by atoms with Crippen LogP contribution >= 0.6 is 0 Å². The van der Waals surface area contributed by atoms with Crippen molar-refractivity contribution in [2.24, 2.45) is 5.92 Å². The molecule has 1 heterocycles. The minimum absolute atomic E-state index is 0.284. The number of carbonyl (C=O) groups excluding carboxylic acids is 1. The lowest BCUT2D eigenvalue weighted by Crippen LogP contribution is -2.54. The molecule has 1 fully saturated rings. The van der Waals surface area contributed by atoms with E-state index >= 15 is 0 Å². The van der Waals surface area contributed by atoms with E-state index < -0.39 is 11.8 Å². The van der Waals surface area contributed by atoms with E-state index in [2.05, 4.69) is 6.58 Å². The summed E-state index contributed by atoms with van der Waals surface area (Å²) in [6, 6.07) is 0. The van der Waals surface area contributed by atoms with E-state index in [1.54, 1.807) is 0 Å². The van der Waals surface area contributed by atoms with Crippen LogP contribution < -0.4 is 0 Å².